The Hall–Kier alpha value is -1.61. The Morgan fingerprint density at radius 3 is 2.92 bits per heavy atom. The van der Waals surface area contributed by atoms with Gasteiger partial charge in [-0.1, -0.05) is 13.8 Å². The summed E-state index contributed by atoms with van der Waals surface area (Å²) in [5, 5.41) is 1.41. The van der Waals surface area contributed by atoms with Gasteiger partial charge in [-0.15, -0.1) is 11.3 Å². The highest BCUT2D eigenvalue weighted by Gasteiger charge is 2.29. The van der Waals surface area contributed by atoms with Gasteiger partial charge in [0.25, 0.3) is 0 Å². The maximum Gasteiger partial charge on any atom is 0.134 e. The third kappa shape index (κ3) is 2.10. The Labute approximate surface area is 146 Å². The molecule has 0 fully saturated rings. The van der Waals surface area contributed by atoms with Gasteiger partial charge in [0.15, 0.2) is 0 Å². The zero-order valence-electron chi connectivity index (χ0n) is 14.4. The number of rotatable bonds is 1. The molecule has 3 aromatic rings. The van der Waals surface area contributed by atoms with E-state index in [2.05, 4.69) is 19.9 Å². The van der Waals surface area contributed by atoms with Crippen LogP contribution in [-0.2, 0) is 19.3 Å². The lowest BCUT2D eigenvalue weighted by atomic mass is 9.82. The lowest BCUT2D eigenvalue weighted by Crippen LogP contribution is -2.12. The fraction of sp³-hybridized carbons (Fsp3) is 0.476. The molecule has 0 saturated heterocycles. The molecule has 2 unspecified atom stereocenters. The van der Waals surface area contributed by atoms with Crippen LogP contribution in [0.4, 0.5) is 0 Å². The largest absolute Gasteiger partial charge is 0.464 e. The van der Waals surface area contributed by atoms with Crippen molar-refractivity contribution < 1.29 is 4.42 Å². The van der Waals surface area contributed by atoms with Crippen molar-refractivity contribution in [3.05, 3.63) is 40.1 Å². The molecule has 2 aliphatic rings. The predicted molar refractivity (Wildman–Crippen MR) is 99.9 cm³/mol. The zero-order valence-corrected chi connectivity index (χ0v) is 15.2. The van der Waals surface area contributed by atoms with Gasteiger partial charge in [-0.05, 0) is 73.6 Å². The highest BCUT2D eigenvalue weighted by Crippen LogP contribution is 2.46. The minimum Gasteiger partial charge on any atom is -0.464 e. The average Bonchev–Trinajstić information content (AvgIpc) is 3.20. The Morgan fingerprint density at radius 2 is 2.08 bits per heavy atom. The molecule has 0 saturated carbocycles. The molecule has 0 aromatic carbocycles. The van der Waals surface area contributed by atoms with E-state index in [9.17, 15) is 0 Å². The first-order valence-electron chi connectivity index (χ1n) is 9.23. The van der Waals surface area contributed by atoms with E-state index in [1.54, 1.807) is 16.7 Å². The van der Waals surface area contributed by atoms with E-state index < -0.39 is 0 Å². The summed E-state index contributed by atoms with van der Waals surface area (Å²) in [7, 11) is 0. The van der Waals surface area contributed by atoms with Gasteiger partial charge in [-0.25, -0.2) is 4.98 Å². The fourth-order valence-electron chi connectivity index (χ4n) is 4.60. The third-order valence-corrected chi connectivity index (χ3v) is 7.02. The Bertz CT molecular complexity index is 906. The van der Waals surface area contributed by atoms with E-state index >= 15 is 0 Å². The van der Waals surface area contributed by atoms with Crippen LogP contribution >= 0.6 is 11.3 Å². The topological polar surface area (TPSA) is 26.0 Å². The van der Waals surface area contributed by atoms with Gasteiger partial charge in [-0.2, -0.15) is 0 Å². The molecule has 3 heteroatoms. The van der Waals surface area contributed by atoms with Crippen LogP contribution in [0.3, 0.4) is 0 Å². The fourth-order valence-corrected chi connectivity index (χ4v) is 6.00. The van der Waals surface area contributed by atoms with E-state index in [0.29, 0.717) is 5.92 Å². The molecular formula is C21H23NOS. The van der Waals surface area contributed by atoms with Crippen LogP contribution in [0.1, 0.15) is 60.7 Å². The minimum absolute atomic E-state index is 0.560. The summed E-state index contributed by atoms with van der Waals surface area (Å²) in [6, 6.07) is 4.14. The van der Waals surface area contributed by atoms with Crippen molar-refractivity contribution in [1.29, 1.82) is 0 Å². The van der Waals surface area contributed by atoms with E-state index in [4.69, 9.17) is 9.40 Å². The summed E-state index contributed by atoms with van der Waals surface area (Å²) in [4.78, 5) is 7.99. The van der Waals surface area contributed by atoms with Gasteiger partial charge < -0.3 is 4.42 Å². The Morgan fingerprint density at radius 1 is 1.17 bits per heavy atom. The van der Waals surface area contributed by atoms with Crippen molar-refractivity contribution in [2.24, 2.45) is 5.92 Å². The van der Waals surface area contributed by atoms with Gasteiger partial charge in [0.05, 0.1) is 6.26 Å². The molecule has 0 bridgehead atoms. The summed E-state index contributed by atoms with van der Waals surface area (Å²) in [6.07, 6.45) is 9.17. The molecule has 3 heterocycles. The number of thiophene rings is 1. The lowest BCUT2D eigenvalue weighted by molar-refractivity contribution is 0.509. The van der Waals surface area contributed by atoms with E-state index in [-0.39, 0.29) is 0 Å². The number of hydrogen-bond donors (Lipinski definition) is 0. The third-order valence-electron chi connectivity index (χ3n) is 5.87. The second-order valence-corrected chi connectivity index (χ2v) is 8.74. The first-order chi connectivity index (χ1) is 11.7. The van der Waals surface area contributed by atoms with Crippen molar-refractivity contribution >= 4 is 21.6 Å². The van der Waals surface area contributed by atoms with Crippen LogP contribution in [0.5, 0.6) is 0 Å². The van der Waals surface area contributed by atoms with E-state index in [1.807, 2.05) is 17.4 Å². The van der Waals surface area contributed by atoms with Gasteiger partial charge in [0.2, 0.25) is 0 Å². The standard InChI is InChI=1S/C21H23NOS/c1-12-8-9-14-17(11-12)24-21-19(14)18(16-7-4-10-23-16)15-6-3-5-13(2)20(15)22-21/h4,7,10,12-13H,3,5-6,8-9,11H2,1-2H3. The average molecular weight is 337 g/mol. The number of pyridine rings is 1. The van der Waals surface area contributed by atoms with Crippen molar-refractivity contribution in [1.82, 2.24) is 4.98 Å². The summed E-state index contributed by atoms with van der Waals surface area (Å²) >= 11 is 1.94. The van der Waals surface area contributed by atoms with Crippen LogP contribution in [0.2, 0.25) is 0 Å². The zero-order chi connectivity index (χ0) is 16.3. The maximum atomic E-state index is 5.89. The molecule has 0 amide bonds. The van der Waals surface area contributed by atoms with Crippen molar-refractivity contribution in [3.8, 4) is 11.3 Å². The molecule has 2 nitrogen and oxygen atoms in total. The first kappa shape index (κ1) is 14.7. The number of furan rings is 1. The summed E-state index contributed by atoms with van der Waals surface area (Å²) in [6.45, 7) is 4.71. The molecule has 3 aromatic heterocycles. The predicted octanol–water partition coefficient (Wildman–Crippen LogP) is 6.12. The molecule has 2 atom stereocenters. The van der Waals surface area contributed by atoms with Gasteiger partial charge in [0, 0.05) is 21.5 Å². The second kappa shape index (κ2) is 5.45. The number of aryl methyl sites for hydroxylation is 1. The molecule has 24 heavy (non-hydrogen) atoms. The van der Waals surface area contributed by atoms with Crippen molar-refractivity contribution in [2.45, 2.75) is 58.3 Å². The molecule has 0 N–H and O–H groups in total. The minimum atomic E-state index is 0.560. The molecule has 5 rings (SSSR count). The quantitative estimate of drug-likeness (QED) is 0.534. The van der Waals surface area contributed by atoms with Crippen LogP contribution in [-0.4, -0.2) is 4.98 Å². The maximum absolute atomic E-state index is 5.89. The van der Waals surface area contributed by atoms with Crippen molar-refractivity contribution in [3.63, 3.8) is 0 Å². The lowest BCUT2D eigenvalue weighted by Gasteiger charge is -2.24. The first-order valence-corrected chi connectivity index (χ1v) is 10.0. The molecule has 0 spiro atoms. The van der Waals surface area contributed by atoms with Crippen LogP contribution in [0.25, 0.3) is 21.5 Å². The smallest absolute Gasteiger partial charge is 0.134 e. The number of nitrogens with zero attached hydrogens (tertiary/aromatic N) is 1. The second-order valence-electron chi connectivity index (χ2n) is 7.65. The Balaban J connectivity index is 1.87. The highest BCUT2D eigenvalue weighted by molar-refractivity contribution is 7.19. The monoisotopic (exact) mass is 337 g/mol. The molecular weight excluding hydrogens is 314 g/mol. The van der Waals surface area contributed by atoms with Crippen LogP contribution < -0.4 is 0 Å². The number of fused-ring (bicyclic) bond motifs is 4. The normalized spacial score (nSPS) is 23.2. The summed E-state index contributed by atoms with van der Waals surface area (Å²) < 4.78 is 5.89. The van der Waals surface area contributed by atoms with Gasteiger partial charge in [-0.3, -0.25) is 0 Å². The van der Waals surface area contributed by atoms with Gasteiger partial charge in [0.1, 0.15) is 10.6 Å². The van der Waals surface area contributed by atoms with Crippen LogP contribution in [0, 0.1) is 5.92 Å². The van der Waals surface area contributed by atoms with Crippen LogP contribution in [0.15, 0.2) is 22.8 Å². The SMILES string of the molecule is CC1CCc2c(sc3nc4c(c(-c5ccco5)c23)CCCC4C)C1. The summed E-state index contributed by atoms with van der Waals surface area (Å²) in [5.41, 5.74) is 5.70. The van der Waals surface area contributed by atoms with E-state index in [0.717, 1.165) is 18.1 Å². The Kier molecular flexibility index (Phi) is 3.34. The van der Waals surface area contributed by atoms with E-state index in [1.165, 1.54) is 59.1 Å². The van der Waals surface area contributed by atoms with Crippen molar-refractivity contribution in [2.75, 3.05) is 0 Å². The number of hydrogen-bond acceptors (Lipinski definition) is 3. The molecule has 2 aliphatic carbocycles. The van der Waals surface area contributed by atoms with Gasteiger partial charge >= 0.3 is 0 Å². The molecule has 0 radical (unpaired) electrons. The summed E-state index contributed by atoms with van der Waals surface area (Å²) in [5.74, 6) is 2.39. The molecule has 0 aliphatic heterocycles. The number of aromatic nitrogens is 1. The molecule has 124 valence electrons. The highest BCUT2D eigenvalue weighted by atomic mass is 32.1.